The van der Waals surface area contributed by atoms with Gasteiger partial charge in [0.25, 0.3) is 5.91 Å². The molecule has 1 N–H and O–H groups in total. The molecule has 0 aliphatic heterocycles. The first kappa shape index (κ1) is 21.2. The van der Waals surface area contributed by atoms with Crippen molar-refractivity contribution in [2.24, 2.45) is 0 Å². The van der Waals surface area contributed by atoms with E-state index >= 15 is 0 Å². The molecule has 32 heavy (non-hydrogen) atoms. The molecule has 4 rings (SSSR count). The summed E-state index contributed by atoms with van der Waals surface area (Å²) in [5, 5.41) is 3.27. The van der Waals surface area contributed by atoms with E-state index in [9.17, 15) is 9.59 Å². The van der Waals surface area contributed by atoms with Crippen LogP contribution in [0.4, 0.5) is 0 Å². The number of amides is 1. The van der Waals surface area contributed by atoms with E-state index < -0.39 is 0 Å². The fourth-order valence-electron chi connectivity index (χ4n) is 3.62. The average Bonchev–Trinajstić information content (AvgIpc) is 2.84. The second kappa shape index (κ2) is 8.98. The van der Waals surface area contributed by atoms with Crippen LogP contribution in [0, 0.1) is 6.92 Å². The lowest BCUT2D eigenvalue weighted by Gasteiger charge is -2.12. The molecule has 0 atom stereocenters. The fraction of sp³-hybridized carbons (Fsp3) is 0.154. The molecule has 1 aromatic heterocycles. The van der Waals surface area contributed by atoms with Crippen LogP contribution in [-0.2, 0) is 6.54 Å². The van der Waals surface area contributed by atoms with Crippen molar-refractivity contribution < 1.29 is 18.7 Å². The zero-order valence-corrected chi connectivity index (χ0v) is 18.1. The highest BCUT2D eigenvalue weighted by molar-refractivity contribution is 6.05. The van der Waals surface area contributed by atoms with Gasteiger partial charge in [-0.15, -0.1) is 0 Å². The van der Waals surface area contributed by atoms with Crippen LogP contribution in [0.1, 0.15) is 21.5 Å². The van der Waals surface area contributed by atoms with Crippen molar-refractivity contribution in [1.29, 1.82) is 0 Å². The molecule has 0 unspecified atom stereocenters. The molecule has 1 heterocycles. The van der Waals surface area contributed by atoms with Gasteiger partial charge in [-0.1, -0.05) is 42.5 Å². The molecule has 3 aromatic carbocycles. The number of carbonyl (C=O) groups is 1. The van der Waals surface area contributed by atoms with E-state index in [-0.39, 0.29) is 23.5 Å². The lowest BCUT2D eigenvalue weighted by Crippen LogP contribution is -2.23. The largest absolute Gasteiger partial charge is 0.493 e. The van der Waals surface area contributed by atoms with Gasteiger partial charge in [-0.25, -0.2) is 0 Å². The van der Waals surface area contributed by atoms with E-state index in [1.165, 1.54) is 0 Å². The minimum Gasteiger partial charge on any atom is -0.493 e. The van der Waals surface area contributed by atoms with Crippen molar-refractivity contribution in [2.75, 3.05) is 14.2 Å². The number of rotatable bonds is 6. The Morgan fingerprint density at radius 3 is 2.41 bits per heavy atom. The SMILES string of the molecule is COc1ccc(CNC(=O)c2cccc3c(=O)c(C)c(-c4ccccc4)oc23)cc1OC. The van der Waals surface area contributed by atoms with Crippen LogP contribution in [-0.4, -0.2) is 20.1 Å². The molecule has 0 saturated heterocycles. The number of benzene rings is 3. The van der Waals surface area contributed by atoms with Crippen molar-refractivity contribution >= 4 is 16.9 Å². The van der Waals surface area contributed by atoms with E-state index in [4.69, 9.17) is 13.9 Å². The summed E-state index contributed by atoms with van der Waals surface area (Å²) in [5.41, 5.74) is 2.55. The molecule has 0 fully saturated rings. The molecule has 0 spiro atoms. The van der Waals surface area contributed by atoms with Crippen molar-refractivity contribution in [2.45, 2.75) is 13.5 Å². The quantitative estimate of drug-likeness (QED) is 0.480. The third-order valence-corrected chi connectivity index (χ3v) is 5.33. The van der Waals surface area contributed by atoms with Gasteiger partial charge in [-0.05, 0) is 36.8 Å². The summed E-state index contributed by atoms with van der Waals surface area (Å²) in [6.45, 7) is 2.01. The Hall–Kier alpha value is -4.06. The molecule has 0 radical (unpaired) electrons. The van der Waals surface area contributed by atoms with Gasteiger partial charge < -0.3 is 19.2 Å². The first-order chi connectivity index (χ1) is 15.5. The second-order valence-electron chi connectivity index (χ2n) is 7.31. The Bertz CT molecular complexity index is 1340. The van der Waals surface area contributed by atoms with Crippen LogP contribution in [0.5, 0.6) is 11.5 Å². The van der Waals surface area contributed by atoms with Crippen LogP contribution >= 0.6 is 0 Å². The second-order valence-corrected chi connectivity index (χ2v) is 7.31. The molecule has 4 aromatic rings. The number of para-hydroxylation sites is 1. The summed E-state index contributed by atoms with van der Waals surface area (Å²) in [6, 6.07) is 19.8. The molecule has 6 nitrogen and oxygen atoms in total. The first-order valence-corrected chi connectivity index (χ1v) is 10.1. The Morgan fingerprint density at radius 2 is 1.69 bits per heavy atom. The highest BCUT2D eigenvalue weighted by Gasteiger charge is 2.18. The van der Waals surface area contributed by atoms with Gasteiger partial charge in [0.15, 0.2) is 22.5 Å². The summed E-state index contributed by atoms with van der Waals surface area (Å²) in [7, 11) is 3.13. The number of hydrogen-bond donors (Lipinski definition) is 1. The monoisotopic (exact) mass is 429 g/mol. The summed E-state index contributed by atoms with van der Waals surface area (Å²) in [6.07, 6.45) is 0. The maximum Gasteiger partial charge on any atom is 0.255 e. The predicted octanol–water partition coefficient (Wildman–Crippen LogP) is 4.72. The minimum atomic E-state index is -0.337. The molecule has 0 aliphatic carbocycles. The van der Waals surface area contributed by atoms with Gasteiger partial charge in [-0.2, -0.15) is 0 Å². The summed E-state index contributed by atoms with van der Waals surface area (Å²) < 4.78 is 16.7. The molecule has 1 amide bonds. The third kappa shape index (κ3) is 3.95. The Balaban J connectivity index is 1.69. The molecule has 0 aliphatic rings. The van der Waals surface area contributed by atoms with Crippen LogP contribution < -0.4 is 20.2 Å². The third-order valence-electron chi connectivity index (χ3n) is 5.33. The molecule has 0 bridgehead atoms. The Kier molecular flexibility index (Phi) is 5.94. The van der Waals surface area contributed by atoms with Crippen LogP contribution in [0.15, 0.2) is 75.9 Å². The predicted molar refractivity (Wildman–Crippen MR) is 123 cm³/mol. The first-order valence-electron chi connectivity index (χ1n) is 10.1. The zero-order chi connectivity index (χ0) is 22.7. The Morgan fingerprint density at radius 1 is 0.938 bits per heavy atom. The lowest BCUT2D eigenvalue weighted by molar-refractivity contribution is 0.0951. The van der Waals surface area contributed by atoms with E-state index in [1.54, 1.807) is 51.5 Å². The number of carbonyl (C=O) groups excluding carboxylic acids is 1. The van der Waals surface area contributed by atoms with E-state index in [1.807, 2.05) is 36.4 Å². The van der Waals surface area contributed by atoms with E-state index in [0.717, 1.165) is 11.1 Å². The van der Waals surface area contributed by atoms with Crippen molar-refractivity contribution in [1.82, 2.24) is 5.32 Å². The summed E-state index contributed by atoms with van der Waals surface area (Å²) >= 11 is 0. The minimum absolute atomic E-state index is 0.153. The lowest BCUT2D eigenvalue weighted by atomic mass is 10.0. The van der Waals surface area contributed by atoms with Crippen LogP contribution in [0.25, 0.3) is 22.3 Å². The smallest absolute Gasteiger partial charge is 0.255 e. The number of nitrogens with one attached hydrogen (secondary N) is 1. The number of hydrogen-bond acceptors (Lipinski definition) is 5. The van der Waals surface area contributed by atoms with Gasteiger partial charge in [0.2, 0.25) is 0 Å². The van der Waals surface area contributed by atoms with E-state index in [2.05, 4.69) is 5.32 Å². The van der Waals surface area contributed by atoms with Crippen molar-refractivity contribution in [3.63, 3.8) is 0 Å². The molecule has 162 valence electrons. The summed E-state index contributed by atoms with van der Waals surface area (Å²) in [4.78, 5) is 26.0. The molecular formula is C26H23NO5. The number of ether oxygens (including phenoxy) is 2. The fourth-order valence-corrected chi connectivity index (χ4v) is 3.62. The maximum atomic E-state index is 13.0. The molecular weight excluding hydrogens is 406 g/mol. The van der Waals surface area contributed by atoms with Gasteiger partial charge >= 0.3 is 0 Å². The molecule has 0 saturated carbocycles. The normalized spacial score (nSPS) is 10.7. The van der Waals surface area contributed by atoms with Gasteiger partial charge in [0, 0.05) is 17.7 Å². The van der Waals surface area contributed by atoms with E-state index in [0.29, 0.717) is 33.8 Å². The topological polar surface area (TPSA) is 77.8 Å². The van der Waals surface area contributed by atoms with Gasteiger partial charge in [0.1, 0.15) is 5.76 Å². The van der Waals surface area contributed by atoms with Crippen molar-refractivity contribution in [3.8, 4) is 22.8 Å². The zero-order valence-electron chi connectivity index (χ0n) is 18.1. The van der Waals surface area contributed by atoms with Crippen LogP contribution in [0.3, 0.4) is 0 Å². The highest BCUT2D eigenvalue weighted by Crippen LogP contribution is 2.29. The van der Waals surface area contributed by atoms with Crippen LogP contribution in [0.2, 0.25) is 0 Å². The maximum absolute atomic E-state index is 13.0. The number of fused-ring (bicyclic) bond motifs is 1. The highest BCUT2D eigenvalue weighted by atomic mass is 16.5. The number of methoxy groups -OCH3 is 2. The standard InChI is InChI=1S/C26H23NO5/c1-16-23(28)19-10-7-11-20(25(19)32-24(16)18-8-5-4-6-9-18)26(29)27-15-17-12-13-21(30-2)22(14-17)31-3/h4-14H,15H2,1-3H3,(H,27,29). The average molecular weight is 429 g/mol. The van der Waals surface area contributed by atoms with Gasteiger partial charge in [-0.3, -0.25) is 9.59 Å². The molecule has 6 heteroatoms. The Labute approximate surface area is 185 Å². The van der Waals surface area contributed by atoms with Crippen molar-refractivity contribution in [3.05, 3.63) is 93.6 Å². The summed E-state index contributed by atoms with van der Waals surface area (Å²) in [5.74, 6) is 1.32. The van der Waals surface area contributed by atoms with Gasteiger partial charge in [0.05, 0.1) is 25.2 Å².